The fourth-order valence-electron chi connectivity index (χ4n) is 2.34. The van der Waals surface area contributed by atoms with Crippen molar-refractivity contribution in [2.75, 3.05) is 6.54 Å². The maximum atomic E-state index is 12.6. The molecule has 0 radical (unpaired) electrons. The van der Waals surface area contributed by atoms with E-state index in [1.54, 1.807) is 0 Å². The molecule has 2 rings (SSSR count). The molecule has 0 saturated heterocycles. The second kappa shape index (κ2) is 8.02. The normalized spacial score (nSPS) is 11.3. The van der Waals surface area contributed by atoms with Gasteiger partial charge in [-0.1, -0.05) is 0 Å². The number of nitro groups is 2. The number of aryl methyl sites for hydroxylation is 2. The maximum Gasteiger partial charge on any atom is 0.435 e. The first-order chi connectivity index (χ1) is 13.0. The highest BCUT2D eigenvalue weighted by molar-refractivity contribution is 5.95. The number of halogens is 3. The van der Waals surface area contributed by atoms with Gasteiger partial charge in [0.05, 0.1) is 21.5 Å². The zero-order valence-corrected chi connectivity index (χ0v) is 14.4. The number of hydrogen-bond donors (Lipinski definition) is 1. The highest BCUT2D eigenvalue weighted by atomic mass is 19.4. The largest absolute Gasteiger partial charge is 0.435 e. The average Bonchev–Trinajstić information content (AvgIpc) is 2.99. The molecule has 0 aliphatic heterocycles. The first kappa shape index (κ1) is 20.8. The summed E-state index contributed by atoms with van der Waals surface area (Å²) in [5.41, 5.74) is -2.20. The van der Waals surface area contributed by atoms with Crippen molar-refractivity contribution in [3.63, 3.8) is 0 Å². The van der Waals surface area contributed by atoms with Crippen molar-refractivity contribution in [3.8, 4) is 0 Å². The standard InChI is InChI=1S/C15H14F3N5O5/c1-9-5-13(15(16,17)18)20-21(9)4-2-3-19-14(24)10-6-11(22(25)26)8-12(7-10)23(27)28/h5-8H,2-4H2,1H3,(H,19,24). The number of carbonyl (C=O) groups excluding carboxylic acids is 1. The lowest BCUT2D eigenvalue weighted by atomic mass is 10.1. The third kappa shape index (κ3) is 5.02. The Hall–Kier alpha value is -3.51. The number of nitrogens with one attached hydrogen (secondary N) is 1. The van der Waals surface area contributed by atoms with Gasteiger partial charge in [-0.2, -0.15) is 18.3 Å². The Kier molecular flexibility index (Phi) is 5.96. The topological polar surface area (TPSA) is 133 Å². The number of non-ortho nitro benzene ring substituents is 2. The van der Waals surface area contributed by atoms with Gasteiger partial charge in [0.25, 0.3) is 17.3 Å². The molecule has 2 aromatic rings. The van der Waals surface area contributed by atoms with Crippen LogP contribution in [0.3, 0.4) is 0 Å². The van der Waals surface area contributed by atoms with E-state index < -0.39 is 39.0 Å². The lowest BCUT2D eigenvalue weighted by Crippen LogP contribution is -2.25. The fraction of sp³-hybridized carbons (Fsp3) is 0.333. The van der Waals surface area contributed by atoms with Gasteiger partial charge in [-0.15, -0.1) is 0 Å². The molecule has 1 N–H and O–H groups in total. The summed E-state index contributed by atoms with van der Waals surface area (Å²) in [6.45, 7) is 1.58. The molecule has 1 heterocycles. The van der Waals surface area contributed by atoms with Gasteiger partial charge in [0, 0.05) is 30.9 Å². The van der Waals surface area contributed by atoms with E-state index in [2.05, 4.69) is 10.4 Å². The Morgan fingerprint density at radius 1 is 1.14 bits per heavy atom. The molecule has 1 aromatic heterocycles. The highest BCUT2D eigenvalue weighted by Crippen LogP contribution is 2.28. The highest BCUT2D eigenvalue weighted by Gasteiger charge is 2.34. The molecular formula is C15H14F3N5O5. The summed E-state index contributed by atoms with van der Waals surface area (Å²) in [4.78, 5) is 32.0. The Morgan fingerprint density at radius 2 is 1.71 bits per heavy atom. The molecule has 0 fully saturated rings. The number of nitro benzene ring substituents is 2. The predicted octanol–water partition coefficient (Wildman–Crippen LogP) is 2.85. The number of carbonyl (C=O) groups is 1. The number of rotatable bonds is 7. The SMILES string of the molecule is Cc1cc(C(F)(F)F)nn1CCCNC(=O)c1cc([N+](=O)[O-])cc([N+](=O)[O-])c1. The fourth-order valence-corrected chi connectivity index (χ4v) is 2.34. The molecule has 1 amide bonds. The molecule has 0 unspecified atom stereocenters. The molecule has 0 aliphatic carbocycles. The van der Waals surface area contributed by atoms with Crippen LogP contribution >= 0.6 is 0 Å². The van der Waals surface area contributed by atoms with Gasteiger partial charge in [0.1, 0.15) is 0 Å². The van der Waals surface area contributed by atoms with Crippen molar-refractivity contribution >= 4 is 17.3 Å². The second-order valence-corrected chi connectivity index (χ2v) is 5.75. The van der Waals surface area contributed by atoms with Gasteiger partial charge < -0.3 is 5.32 Å². The molecule has 1 aromatic carbocycles. The average molecular weight is 401 g/mol. The molecule has 0 saturated carbocycles. The first-order valence-corrected chi connectivity index (χ1v) is 7.82. The number of amides is 1. The van der Waals surface area contributed by atoms with Gasteiger partial charge >= 0.3 is 6.18 Å². The van der Waals surface area contributed by atoms with Gasteiger partial charge in [0.15, 0.2) is 5.69 Å². The van der Waals surface area contributed by atoms with Crippen LogP contribution in [0.1, 0.15) is 28.2 Å². The van der Waals surface area contributed by atoms with E-state index in [1.807, 2.05) is 0 Å². The van der Waals surface area contributed by atoms with E-state index >= 15 is 0 Å². The summed E-state index contributed by atoms with van der Waals surface area (Å²) >= 11 is 0. The minimum absolute atomic E-state index is 0.0238. The minimum Gasteiger partial charge on any atom is -0.352 e. The van der Waals surface area contributed by atoms with Crippen molar-refractivity contribution in [1.82, 2.24) is 15.1 Å². The van der Waals surface area contributed by atoms with Crippen molar-refractivity contribution in [1.29, 1.82) is 0 Å². The molecular weight excluding hydrogens is 387 g/mol. The van der Waals surface area contributed by atoms with Crippen LogP contribution in [0.25, 0.3) is 0 Å². The minimum atomic E-state index is -4.55. The molecule has 0 bridgehead atoms. The molecule has 0 aliphatic rings. The van der Waals surface area contributed by atoms with E-state index in [0.29, 0.717) is 5.69 Å². The lowest BCUT2D eigenvalue weighted by molar-refractivity contribution is -0.394. The number of aromatic nitrogens is 2. The number of nitrogens with zero attached hydrogens (tertiary/aromatic N) is 4. The quantitative estimate of drug-likeness (QED) is 0.431. The number of alkyl halides is 3. The van der Waals surface area contributed by atoms with Crippen molar-refractivity contribution < 1.29 is 27.8 Å². The molecule has 150 valence electrons. The monoisotopic (exact) mass is 401 g/mol. The number of hydrogen-bond acceptors (Lipinski definition) is 6. The van der Waals surface area contributed by atoms with Gasteiger partial charge in [-0.3, -0.25) is 29.7 Å². The summed E-state index contributed by atoms with van der Waals surface area (Å²) in [6.07, 6.45) is -4.33. The van der Waals surface area contributed by atoms with Crippen LogP contribution in [0.4, 0.5) is 24.5 Å². The Morgan fingerprint density at radius 3 is 2.18 bits per heavy atom. The third-order valence-corrected chi connectivity index (χ3v) is 3.69. The van der Waals surface area contributed by atoms with Gasteiger partial charge in [0.2, 0.25) is 0 Å². The van der Waals surface area contributed by atoms with Crippen LogP contribution in [0.2, 0.25) is 0 Å². The lowest BCUT2D eigenvalue weighted by Gasteiger charge is -2.07. The summed E-state index contributed by atoms with van der Waals surface area (Å²) in [7, 11) is 0. The summed E-state index contributed by atoms with van der Waals surface area (Å²) in [5, 5.41) is 27.5. The van der Waals surface area contributed by atoms with Gasteiger partial charge in [-0.05, 0) is 19.4 Å². The van der Waals surface area contributed by atoms with Crippen LogP contribution in [0.5, 0.6) is 0 Å². The van der Waals surface area contributed by atoms with E-state index in [4.69, 9.17) is 0 Å². The van der Waals surface area contributed by atoms with E-state index in [0.717, 1.165) is 28.9 Å². The zero-order valence-electron chi connectivity index (χ0n) is 14.4. The number of benzene rings is 1. The Bertz CT molecular complexity index is 893. The summed E-state index contributed by atoms with van der Waals surface area (Å²) in [5.74, 6) is -0.778. The third-order valence-electron chi connectivity index (χ3n) is 3.69. The molecule has 10 nitrogen and oxygen atoms in total. The van der Waals surface area contributed by atoms with Crippen LogP contribution in [0.15, 0.2) is 24.3 Å². The Balaban J connectivity index is 1.99. The van der Waals surface area contributed by atoms with Gasteiger partial charge in [-0.25, -0.2) is 0 Å². The van der Waals surface area contributed by atoms with Crippen molar-refractivity contribution in [2.45, 2.75) is 26.1 Å². The van der Waals surface area contributed by atoms with E-state index in [9.17, 15) is 38.2 Å². The molecule has 0 spiro atoms. The van der Waals surface area contributed by atoms with Crippen LogP contribution in [-0.2, 0) is 12.7 Å². The second-order valence-electron chi connectivity index (χ2n) is 5.75. The first-order valence-electron chi connectivity index (χ1n) is 7.82. The molecule has 28 heavy (non-hydrogen) atoms. The summed E-state index contributed by atoms with van der Waals surface area (Å²) < 4.78 is 39.0. The van der Waals surface area contributed by atoms with Crippen LogP contribution < -0.4 is 5.32 Å². The predicted molar refractivity (Wildman–Crippen MR) is 88.7 cm³/mol. The van der Waals surface area contributed by atoms with E-state index in [1.165, 1.54) is 6.92 Å². The molecule has 13 heteroatoms. The van der Waals surface area contributed by atoms with Crippen molar-refractivity contribution in [3.05, 3.63) is 61.4 Å². The summed E-state index contributed by atoms with van der Waals surface area (Å²) in [6, 6.07) is 3.43. The van der Waals surface area contributed by atoms with Crippen molar-refractivity contribution in [2.24, 2.45) is 0 Å². The molecule has 0 atom stereocenters. The smallest absolute Gasteiger partial charge is 0.352 e. The Labute approximate surface area is 155 Å². The van der Waals surface area contributed by atoms with E-state index in [-0.39, 0.29) is 25.1 Å². The zero-order chi connectivity index (χ0) is 21.1. The maximum absolute atomic E-state index is 12.6. The van der Waals surface area contributed by atoms with Crippen LogP contribution in [-0.4, -0.2) is 32.1 Å². The van der Waals surface area contributed by atoms with Crippen LogP contribution in [0, 0.1) is 27.2 Å².